The Kier molecular flexibility index (Phi) is 6.29. The van der Waals surface area contributed by atoms with Crippen molar-refractivity contribution in [2.75, 3.05) is 6.54 Å². The predicted octanol–water partition coefficient (Wildman–Crippen LogP) is 2.69. The highest BCUT2D eigenvalue weighted by Crippen LogP contribution is 2.16. The van der Waals surface area contributed by atoms with E-state index in [1.807, 2.05) is 18.4 Å². The lowest BCUT2D eigenvalue weighted by atomic mass is 10.1. The second kappa shape index (κ2) is 7.74. The lowest BCUT2D eigenvalue weighted by molar-refractivity contribution is -0.141. The van der Waals surface area contributed by atoms with Crippen molar-refractivity contribution >= 4 is 29.3 Å². The van der Waals surface area contributed by atoms with Crippen LogP contribution >= 0.6 is 11.3 Å². The molecule has 1 unspecified atom stereocenters. The fourth-order valence-electron chi connectivity index (χ4n) is 1.51. The number of nitrogens with one attached hydrogen (secondary N) is 1. The molecular formula is C14H19NO3S. The van der Waals surface area contributed by atoms with Gasteiger partial charge in [0.15, 0.2) is 0 Å². The largest absolute Gasteiger partial charge is 0.481 e. The molecule has 19 heavy (non-hydrogen) atoms. The minimum absolute atomic E-state index is 0.143. The van der Waals surface area contributed by atoms with Gasteiger partial charge in [0, 0.05) is 17.5 Å². The second-order valence-electron chi connectivity index (χ2n) is 4.47. The van der Waals surface area contributed by atoms with Crippen molar-refractivity contribution < 1.29 is 14.7 Å². The number of aliphatic carboxylic acids is 1. The summed E-state index contributed by atoms with van der Waals surface area (Å²) >= 11 is 1.59. The number of rotatable bonds is 7. The van der Waals surface area contributed by atoms with Crippen molar-refractivity contribution in [2.45, 2.75) is 26.7 Å². The van der Waals surface area contributed by atoms with Gasteiger partial charge in [-0.15, -0.1) is 11.3 Å². The zero-order chi connectivity index (χ0) is 14.3. The smallest absolute Gasteiger partial charge is 0.306 e. The molecule has 0 radical (unpaired) electrons. The van der Waals surface area contributed by atoms with Gasteiger partial charge in [0.05, 0.1) is 5.92 Å². The summed E-state index contributed by atoms with van der Waals surface area (Å²) in [6.45, 7) is 4.18. The summed E-state index contributed by atoms with van der Waals surface area (Å²) in [4.78, 5) is 23.2. The molecule has 1 aromatic heterocycles. The Bertz CT molecular complexity index is 465. The van der Waals surface area contributed by atoms with E-state index < -0.39 is 5.97 Å². The summed E-state index contributed by atoms with van der Waals surface area (Å²) in [6.07, 6.45) is 4.56. The molecule has 0 fully saturated rings. The monoisotopic (exact) mass is 281 g/mol. The first-order valence-corrected chi connectivity index (χ1v) is 7.11. The fourth-order valence-corrected chi connectivity index (χ4v) is 2.33. The molecule has 104 valence electrons. The average molecular weight is 281 g/mol. The Morgan fingerprint density at radius 1 is 1.53 bits per heavy atom. The van der Waals surface area contributed by atoms with Crippen molar-refractivity contribution in [1.82, 2.24) is 5.32 Å². The number of hydrogen-bond acceptors (Lipinski definition) is 3. The van der Waals surface area contributed by atoms with Gasteiger partial charge < -0.3 is 10.4 Å². The molecule has 0 saturated carbocycles. The first-order chi connectivity index (χ1) is 9.00. The van der Waals surface area contributed by atoms with Crippen LogP contribution in [0, 0.1) is 12.8 Å². The van der Waals surface area contributed by atoms with Gasteiger partial charge in [0.2, 0.25) is 5.91 Å². The minimum atomic E-state index is -0.792. The zero-order valence-corrected chi connectivity index (χ0v) is 12.0. The lowest BCUT2D eigenvalue weighted by Crippen LogP contribution is -2.23. The molecule has 4 nitrogen and oxygen atoms in total. The highest BCUT2D eigenvalue weighted by molar-refractivity contribution is 7.11. The van der Waals surface area contributed by atoms with Gasteiger partial charge >= 0.3 is 5.97 Å². The summed E-state index contributed by atoms with van der Waals surface area (Å²) in [7, 11) is 0. The molecule has 1 amide bonds. The molecule has 5 heteroatoms. The Morgan fingerprint density at radius 2 is 2.26 bits per heavy atom. The SMILES string of the molecule is Cc1ccsc1/C=C/C(=O)NCCCC(C)C(=O)O. The maximum Gasteiger partial charge on any atom is 0.306 e. The van der Waals surface area contributed by atoms with E-state index in [9.17, 15) is 9.59 Å². The maximum absolute atomic E-state index is 11.5. The second-order valence-corrected chi connectivity index (χ2v) is 5.42. The van der Waals surface area contributed by atoms with E-state index >= 15 is 0 Å². The molecule has 1 heterocycles. The van der Waals surface area contributed by atoms with E-state index in [0.717, 1.165) is 10.4 Å². The van der Waals surface area contributed by atoms with Gasteiger partial charge in [0.25, 0.3) is 0 Å². The number of amides is 1. The number of carbonyl (C=O) groups excluding carboxylic acids is 1. The van der Waals surface area contributed by atoms with E-state index in [1.54, 1.807) is 24.3 Å². The number of aryl methyl sites for hydroxylation is 1. The van der Waals surface area contributed by atoms with Crippen molar-refractivity contribution in [3.8, 4) is 0 Å². The van der Waals surface area contributed by atoms with Gasteiger partial charge in [-0.3, -0.25) is 9.59 Å². The van der Waals surface area contributed by atoms with Crippen LogP contribution in [-0.4, -0.2) is 23.5 Å². The number of carboxylic acid groups (broad SMARTS) is 1. The highest BCUT2D eigenvalue weighted by Gasteiger charge is 2.09. The quantitative estimate of drug-likeness (QED) is 0.596. The van der Waals surface area contributed by atoms with Crippen LogP contribution in [0.25, 0.3) is 6.08 Å². The number of carbonyl (C=O) groups is 2. The van der Waals surface area contributed by atoms with Crippen LogP contribution in [0.3, 0.4) is 0 Å². The normalized spacial score (nSPS) is 12.5. The van der Waals surface area contributed by atoms with Crippen molar-refractivity contribution in [2.24, 2.45) is 5.92 Å². The molecule has 0 aromatic carbocycles. The molecule has 0 saturated heterocycles. The molecule has 1 rings (SSSR count). The first kappa shape index (κ1) is 15.4. The van der Waals surface area contributed by atoms with Gasteiger partial charge in [-0.1, -0.05) is 6.92 Å². The molecule has 0 spiro atoms. The van der Waals surface area contributed by atoms with Gasteiger partial charge in [-0.2, -0.15) is 0 Å². The Balaban J connectivity index is 2.24. The van der Waals surface area contributed by atoms with Crippen LogP contribution in [0.5, 0.6) is 0 Å². The van der Waals surface area contributed by atoms with Gasteiger partial charge in [-0.05, 0) is 42.9 Å². The third-order valence-corrected chi connectivity index (χ3v) is 3.81. The van der Waals surface area contributed by atoms with Crippen LogP contribution < -0.4 is 5.32 Å². The molecule has 1 atom stereocenters. The minimum Gasteiger partial charge on any atom is -0.481 e. The Morgan fingerprint density at radius 3 is 2.84 bits per heavy atom. The highest BCUT2D eigenvalue weighted by atomic mass is 32.1. The van der Waals surface area contributed by atoms with Crippen molar-refractivity contribution in [3.63, 3.8) is 0 Å². The van der Waals surface area contributed by atoms with Crippen molar-refractivity contribution in [3.05, 3.63) is 28.0 Å². The summed E-state index contributed by atoms with van der Waals surface area (Å²) in [5.41, 5.74) is 1.16. The molecule has 0 bridgehead atoms. The van der Waals surface area contributed by atoms with E-state index in [1.165, 1.54) is 6.08 Å². The van der Waals surface area contributed by atoms with E-state index in [0.29, 0.717) is 19.4 Å². The first-order valence-electron chi connectivity index (χ1n) is 6.23. The third kappa shape index (κ3) is 5.70. The molecule has 2 N–H and O–H groups in total. The molecule has 1 aromatic rings. The molecule has 0 aliphatic carbocycles. The van der Waals surface area contributed by atoms with Gasteiger partial charge in [-0.25, -0.2) is 0 Å². The number of carboxylic acids is 1. The van der Waals surface area contributed by atoms with E-state index in [2.05, 4.69) is 5.32 Å². The standard InChI is InChI=1S/C14H19NO3S/c1-10-7-9-19-12(10)5-6-13(16)15-8-3-4-11(2)14(17)18/h5-7,9,11H,3-4,8H2,1-2H3,(H,15,16)(H,17,18)/b6-5+. The Hall–Kier alpha value is -1.62. The van der Waals surface area contributed by atoms with Gasteiger partial charge in [0.1, 0.15) is 0 Å². The van der Waals surface area contributed by atoms with E-state index in [-0.39, 0.29) is 11.8 Å². The molecule has 0 aliphatic heterocycles. The number of thiophene rings is 1. The number of hydrogen-bond donors (Lipinski definition) is 2. The predicted molar refractivity (Wildman–Crippen MR) is 77.1 cm³/mol. The van der Waals surface area contributed by atoms with E-state index in [4.69, 9.17) is 5.11 Å². The van der Waals surface area contributed by atoms with Crippen molar-refractivity contribution in [1.29, 1.82) is 0 Å². The molecular weight excluding hydrogens is 262 g/mol. The summed E-state index contributed by atoms with van der Waals surface area (Å²) in [5, 5.41) is 13.4. The molecule has 0 aliphatic rings. The third-order valence-electron chi connectivity index (χ3n) is 2.82. The van der Waals surface area contributed by atoms with Crippen LogP contribution in [0.4, 0.5) is 0 Å². The van der Waals surface area contributed by atoms with Crippen LogP contribution in [0.15, 0.2) is 17.5 Å². The zero-order valence-electron chi connectivity index (χ0n) is 11.2. The average Bonchev–Trinajstić information content (AvgIpc) is 2.77. The van der Waals surface area contributed by atoms with Crippen LogP contribution in [0.1, 0.15) is 30.2 Å². The Labute approximate surface area is 117 Å². The maximum atomic E-state index is 11.5. The lowest BCUT2D eigenvalue weighted by Gasteiger charge is -2.05. The van der Waals surface area contributed by atoms with Crippen LogP contribution in [-0.2, 0) is 9.59 Å². The summed E-state index contributed by atoms with van der Waals surface area (Å²) < 4.78 is 0. The topological polar surface area (TPSA) is 66.4 Å². The summed E-state index contributed by atoms with van der Waals surface area (Å²) in [5.74, 6) is -1.30. The summed E-state index contributed by atoms with van der Waals surface area (Å²) in [6, 6.07) is 2.01. The fraction of sp³-hybridized carbons (Fsp3) is 0.429. The van der Waals surface area contributed by atoms with Crippen LogP contribution in [0.2, 0.25) is 0 Å².